The third kappa shape index (κ3) is 2.89. The lowest BCUT2D eigenvalue weighted by Gasteiger charge is -2.14. The van der Waals surface area contributed by atoms with Gasteiger partial charge in [0.15, 0.2) is 11.5 Å². The van der Waals surface area contributed by atoms with Crippen LogP contribution in [-0.2, 0) is 12.8 Å². The number of methoxy groups -OCH3 is 2. The van der Waals surface area contributed by atoms with Crippen LogP contribution in [0.3, 0.4) is 0 Å². The molecule has 0 aliphatic heterocycles. The number of hydrogen-bond donors (Lipinski definition) is 1. The molecule has 0 amide bonds. The molecule has 1 rings (SSSR count). The Morgan fingerprint density at radius 1 is 1.19 bits per heavy atom. The van der Waals surface area contributed by atoms with Gasteiger partial charge in [-0.2, -0.15) is 0 Å². The van der Waals surface area contributed by atoms with Gasteiger partial charge in [-0.15, -0.1) is 0 Å². The van der Waals surface area contributed by atoms with E-state index in [0.29, 0.717) is 6.54 Å². The van der Waals surface area contributed by atoms with E-state index in [1.54, 1.807) is 14.2 Å². The van der Waals surface area contributed by atoms with Crippen LogP contribution in [0.4, 0.5) is 0 Å². The maximum absolute atomic E-state index is 5.54. The predicted octanol–water partition coefficient (Wildman–Crippen LogP) is 2.16. The van der Waals surface area contributed by atoms with Crippen LogP contribution < -0.4 is 15.2 Å². The van der Waals surface area contributed by atoms with Gasteiger partial charge in [0.1, 0.15) is 0 Å². The molecule has 0 spiro atoms. The third-order valence-corrected chi connectivity index (χ3v) is 2.67. The summed E-state index contributed by atoms with van der Waals surface area (Å²) in [7, 11) is 3.35. The summed E-state index contributed by atoms with van der Waals surface area (Å²) in [4.78, 5) is 0. The number of hydrogen-bond acceptors (Lipinski definition) is 3. The zero-order valence-corrected chi connectivity index (χ0v) is 10.4. The molecule has 1 aromatic carbocycles. The molecule has 16 heavy (non-hydrogen) atoms. The van der Waals surface area contributed by atoms with Crippen molar-refractivity contribution in [1.82, 2.24) is 0 Å². The average Bonchev–Trinajstić information content (AvgIpc) is 2.34. The Morgan fingerprint density at radius 3 is 2.44 bits per heavy atom. The Kier molecular flexibility index (Phi) is 5.12. The van der Waals surface area contributed by atoms with Crippen molar-refractivity contribution in [1.29, 1.82) is 0 Å². The lowest BCUT2D eigenvalue weighted by atomic mass is 10.0. The van der Waals surface area contributed by atoms with Gasteiger partial charge >= 0.3 is 0 Å². The lowest BCUT2D eigenvalue weighted by molar-refractivity contribution is 0.351. The van der Waals surface area contributed by atoms with E-state index in [4.69, 9.17) is 15.2 Å². The maximum Gasteiger partial charge on any atom is 0.163 e. The average molecular weight is 223 g/mol. The van der Waals surface area contributed by atoms with Crippen molar-refractivity contribution >= 4 is 0 Å². The number of benzene rings is 1. The normalized spacial score (nSPS) is 10.2. The maximum atomic E-state index is 5.54. The van der Waals surface area contributed by atoms with Crippen molar-refractivity contribution in [2.24, 2.45) is 5.73 Å². The van der Waals surface area contributed by atoms with Crippen molar-refractivity contribution in [3.63, 3.8) is 0 Å². The first-order chi connectivity index (χ1) is 7.76. The highest BCUT2D eigenvalue weighted by atomic mass is 16.5. The highest BCUT2D eigenvalue weighted by Gasteiger charge is 2.11. The van der Waals surface area contributed by atoms with Gasteiger partial charge in [-0.1, -0.05) is 13.0 Å². The zero-order valence-electron chi connectivity index (χ0n) is 10.4. The van der Waals surface area contributed by atoms with Crippen LogP contribution in [-0.4, -0.2) is 20.8 Å². The topological polar surface area (TPSA) is 44.5 Å². The summed E-state index contributed by atoms with van der Waals surface area (Å²) in [5.74, 6) is 1.65. The molecule has 0 unspecified atom stereocenters. The number of ether oxygens (including phenoxy) is 2. The smallest absolute Gasteiger partial charge is 0.163 e. The molecule has 0 fully saturated rings. The van der Waals surface area contributed by atoms with Crippen LogP contribution in [0.25, 0.3) is 0 Å². The molecule has 0 saturated heterocycles. The van der Waals surface area contributed by atoms with E-state index < -0.39 is 0 Å². The summed E-state index contributed by atoms with van der Waals surface area (Å²) in [6.45, 7) is 2.83. The third-order valence-electron chi connectivity index (χ3n) is 2.67. The summed E-state index contributed by atoms with van der Waals surface area (Å²) in [5, 5.41) is 0. The lowest BCUT2D eigenvalue weighted by Crippen LogP contribution is -2.03. The van der Waals surface area contributed by atoms with Gasteiger partial charge in [-0.05, 0) is 43.0 Å². The Morgan fingerprint density at radius 2 is 1.94 bits per heavy atom. The Bertz CT molecular complexity index is 337. The zero-order chi connectivity index (χ0) is 12.0. The quantitative estimate of drug-likeness (QED) is 0.803. The van der Waals surface area contributed by atoms with Crippen LogP contribution >= 0.6 is 0 Å². The Hall–Kier alpha value is -1.22. The monoisotopic (exact) mass is 223 g/mol. The minimum Gasteiger partial charge on any atom is -0.493 e. The van der Waals surface area contributed by atoms with Crippen molar-refractivity contribution in [2.75, 3.05) is 20.8 Å². The molecule has 0 aliphatic rings. The first-order valence-corrected chi connectivity index (χ1v) is 5.70. The molecule has 0 atom stereocenters. The summed E-state index contributed by atoms with van der Waals surface area (Å²) >= 11 is 0. The first-order valence-electron chi connectivity index (χ1n) is 5.70. The van der Waals surface area contributed by atoms with Gasteiger partial charge in [-0.25, -0.2) is 0 Å². The van der Waals surface area contributed by atoms with Crippen LogP contribution in [0, 0.1) is 0 Å². The fourth-order valence-electron chi connectivity index (χ4n) is 1.79. The van der Waals surface area contributed by atoms with Crippen molar-refractivity contribution < 1.29 is 9.47 Å². The highest BCUT2D eigenvalue weighted by Crippen LogP contribution is 2.33. The van der Waals surface area contributed by atoms with Crippen molar-refractivity contribution in [3.8, 4) is 11.5 Å². The molecule has 90 valence electrons. The highest BCUT2D eigenvalue weighted by molar-refractivity contribution is 5.49. The Labute approximate surface area is 97.6 Å². The van der Waals surface area contributed by atoms with E-state index in [1.165, 1.54) is 11.1 Å². The second-order valence-corrected chi connectivity index (χ2v) is 3.74. The number of nitrogens with two attached hydrogens (primary N) is 1. The van der Waals surface area contributed by atoms with Gasteiger partial charge in [0.25, 0.3) is 0 Å². The molecular weight excluding hydrogens is 202 g/mol. The molecule has 0 bridgehead atoms. The molecule has 3 nitrogen and oxygen atoms in total. The minimum atomic E-state index is 0.696. The second-order valence-electron chi connectivity index (χ2n) is 3.74. The van der Waals surface area contributed by atoms with E-state index in [-0.39, 0.29) is 0 Å². The largest absolute Gasteiger partial charge is 0.493 e. The van der Waals surface area contributed by atoms with Crippen LogP contribution in [0.5, 0.6) is 11.5 Å². The molecule has 3 heteroatoms. The number of rotatable bonds is 6. The fourth-order valence-corrected chi connectivity index (χ4v) is 1.79. The summed E-state index contributed by atoms with van der Waals surface area (Å²) in [6, 6.07) is 4.21. The van der Waals surface area contributed by atoms with Crippen molar-refractivity contribution in [3.05, 3.63) is 23.3 Å². The summed E-state index contributed by atoms with van der Waals surface area (Å²) in [5.41, 5.74) is 7.99. The van der Waals surface area contributed by atoms with E-state index in [2.05, 4.69) is 13.0 Å². The molecule has 1 aromatic rings. The fraction of sp³-hybridized carbons (Fsp3) is 0.538. The van der Waals surface area contributed by atoms with Gasteiger partial charge < -0.3 is 15.2 Å². The molecule has 0 saturated carbocycles. The molecule has 0 heterocycles. The van der Waals surface area contributed by atoms with E-state index in [1.807, 2.05) is 6.07 Å². The molecule has 0 aliphatic carbocycles. The molecule has 0 aromatic heterocycles. The number of aryl methyl sites for hydroxylation is 2. The molecule has 0 radical (unpaired) electrons. The Balaban J connectivity index is 3.09. The van der Waals surface area contributed by atoms with Crippen molar-refractivity contribution in [2.45, 2.75) is 26.2 Å². The van der Waals surface area contributed by atoms with Gasteiger partial charge in [0.05, 0.1) is 14.2 Å². The van der Waals surface area contributed by atoms with Crippen LogP contribution in [0.2, 0.25) is 0 Å². The molecule has 2 N–H and O–H groups in total. The second kappa shape index (κ2) is 6.38. The standard InChI is InChI=1S/C13H21NO2/c1-4-10-8-11(6-5-7-14)13(16-3)12(9-10)15-2/h8-9H,4-7,14H2,1-3H3. The van der Waals surface area contributed by atoms with Crippen LogP contribution in [0.1, 0.15) is 24.5 Å². The summed E-state index contributed by atoms with van der Waals surface area (Å²) < 4.78 is 10.7. The van der Waals surface area contributed by atoms with Gasteiger partial charge in [0.2, 0.25) is 0 Å². The van der Waals surface area contributed by atoms with E-state index in [9.17, 15) is 0 Å². The minimum absolute atomic E-state index is 0.696. The SMILES string of the molecule is CCc1cc(CCCN)c(OC)c(OC)c1. The van der Waals surface area contributed by atoms with E-state index >= 15 is 0 Å². The van der Waals surface area contributed by atoms with Crippen LogP contribution in [0.15, 0.2) is 12.1 Å². The predicted molar refractivity (Wildman–Crippen MR) is 66.3 cm³/mol. The van der Waals surface area contributed by atoms with E-state index in [0.717, 1.165) is 30.8 Å². The van der Waals surface area contributed by atoms with Gasteiger partial charge in [-0.3, -0.25) is 0 Å². The molecular formula is C13H21NO2. The first kappa shape index (κ1) is 12.8. The van der Waals surface area contributed by atoms with Gasteiger partial charge in [0, 0.05) is 0 Å². The summed E-state index contributed by atoms with van der Waals surface area (Å²) in [6.07, 6.45) is 2.90.